The van der Waals surface area contributed by atoms with E-state index in [1.54, 1.807) is 0 Å². The van der Waals surface area contributed by atoms with E-state index in [1.165, 1.54) is 11.1 Å². The summed E-state index contributed by atoms with van der Waals surface area (Å²) in [4.78, 5) is 11.2. The number of aryl methyl sites for hydroxylation is 2. The Morgan fingerprint density at radius 1 is 1.07 bits per heavy atom. The molecule has 0 spiro atoms. The summed E-state index contributed by atoms with van der Waals surface area (Å²) in [6, 6.07) is 16.4. The minimum absolute atomic E-state index is 0. The summed E-state index contributed by atoms with van der Waals surface area (Å²) in [5.74, 6) is 1.32. The molecule has 3 N–H and O–H groups in total. The van der Waals surface area contributed by atoms with Crippen molar-refractivity contribution in [3.8, 4) is 0 Å². The number of aliphatic imine (C=N–C) groups is 1. The number of nitrogens with two attached hydrogens (primary N) is 1. The second kappa shape index (κ2) is 9.03. The van der Waals surface area contributed by atoms with E-state index in [-0.39, 0.29) is 24.0 Å². The zero-order valence-corrected chi connectivity index (χ0v) is 18.5. The van der Waals surface area contributed by atoms with Gasteiger partial charge in [0.15, 0.2) is 5.96 Å². The topological polar surface area (TPSA) is 66.5 Å². The highest BCUT2D eigenvalue weighted by Gasteiger charge is 2.07. The van der Waals surface area contributed by atoms with Gasteiger partial charge in [-0.2, -0.15) is 0 Å². The number of nitrogens with zero attached hydrogens (tertiary/aromatic N) is 3. The summed E-state index contributed by atoms with van der Waals surface area (Å²) < 4.78 is 0. The van der Waals surface area contributed by atoms with Crippen molar-refractivity contribution in [1.82, 2.24) is 4.98 Å². The van der Waals surface area contributed by atoms with Crippen LogP contribution in [0.2, 0.25) is 0 Å². The standard InChI is InChI=1S/C21H25N5.HI/c1-14-9-15(2)11-17(10-14)24-21(22)23-13-16-12-20(26(3)4)25-19-8-6-5-7-18(16)19;/h5-12H,13H2,1-4H3,(H3,22,23,24);1H. The van der Waals surface area contributed by atoms with Crippen LogP contribution < -0.4 is 16.0 Å². The SMILES string of the molecule is Cc1cc(C)cc(NC(N)=NCc2cc(N(C)C)nc3ccccc23)c1.I. The number of nitrogens with one attached hydrogen (secondary N) is 1. The number of rotatable bonds is 4. The Labute approximate surface area is 177 Å². The Kier molecular flexibility index (Phi) is 7.01. The summed E-state index contributed by atoms with van der Waals surface area (Å²) in [5, 5.41) is 4.28. The molecule has 0 atom stereocenters. The molecule has 0 bridgehead atoms. The third-order valence-corrected chi connectivity index (χ3v) is 4.16. The first-order chi connectivity index (χ1) is 12.4. The minimum atomic E-state index is 0. The first-order valence-electron chi connectivity index (χ1n) is 8.63. The number of hydrogen-bond acceptors (Lipinski definition) is 3. The zero-order valence-electron chi connectivity index (χ0n) is 16.2. The van der Waals surface area contributed by atoms with E-state index in [0.29, 0.717) is 12.5 Å². The highest BCUT2D eigenvalue weighted by atomic mass is 127. The van der Waals surface area contributed by atoms with Crippen molar-refractivity contribution >= 4 is 52.3 Å². The Bertz CT molecular complexity index is 946. The fourth-order valence-corrected chi connectivity index (χ4v) is 3.00. The molecule has 5 nitrogen and oxygen atoms in total. The first kappa shape index (κ1) is 21.0. The van der Waals surface area contributed by atoms with E-state index < -0.39 is 0 Å². The Balaban J connectivity index is 0.00000261. The molecule has 3 rings (SSSR count). The minimum Gasteiger partial charge on any atom is -0.370 e. The van der Waals surface area contributed by atoms with Gasteiger partial charge in [0, 0.05) is 25.2 Å². The normalized spacial score (nSPS) is 11.2. The molecule has 27 heavy (non-hydrogen) atoms. The van der Waals surface area contributed by atoms with E-state index in [9.17, 15) is 0 Å². The summed E-state index contributed by atoms with van der Waals surface area (Å²) >= 11 is 0. The van der Waals surface area contributed by atoms with Crippen molar-refractivity contribution in [3.63, 3.8) is 0 Å². The molecule has 2 aromatic carbocycles. The van der Waals surface area contributed by atoms with Gasteiger partial charge in [0.25, 0.3) is 0 Å². The van der Waals surface area contributed by atoms with Gasteiger partial charge in [-0.25, -0.2) is 9.98 Å². The van der Waals surface area contributed by atoms with Gasteiger partial charge in [0.2, 0.25) is 0 Å². The van der Waals surface area contributed by atoms with Crippen LogP contribution in [0.15, 0.2) is 53.5 Å². The maximum Gasteiger partial charge on any atom is 0.193 e. The van der Waals surface area contributed by atoms with E-state index in [1.807, 2.05) is 37.2 Å². The molecule has 1 aromatic heterocycles. The van der Waals surface area contributed by atoms with Gasteiger partial charge in [-0.1, -0.05) is 24.3 Å². The molecule has 0 fully saturated rings. The zero-order chi connectivity index (χ0) is 18.7. The predicted molar refractivity (Wildman–Crippen MR) is 126 cm³/mol. The highest BCUT2D eigenvalue weighted by Crippen LogP contribution is 2.23. The van der Waals surface area contributed by atoms with Crippen LogP contribution in [0.4, 0.5) is 11.5 Å². The number of para-hydroxylation sites is 1. The van der Waals surface area contributed by atoms with Gasteiger partial charge in [0.1, 0.15) is 5.82 Å². The van der Waals surface area contributed by atoms with E-state index >= 15 is 0 Å². The van der Waals surface area contributed by atoms with Crippen LogP contribution in [-0.2, 0) is 6.54 Å². The fourth-order valence-electron chi connectivity index (χ4n) is 3.00. The third-order valence-electron chi connectivity index (χ3n) is 4.16. The van der Waals surface area contributed by atoms with Gasteiger partial charge in [0.05, 0.1) is 12.1 Å². The highest BCUT2D eigenvalue weighted by molar-refractivity contribution is 14.0. The molecule has 1 heterocycles. The number of fused-ring (bicyclic) bond motifs is 1. The van der Waals surface area contributed by atoms with Crippen LogP contribution in [0, 0.1) is 13.8 Å². The average Bonchev–Trinajstić information content (AvgIpc) is 2.58. The summed E-state index contributed by atoms with van der Waals surface area (Å²) in [6.45, 7) is 4.63. The van der Waals surface area contributed by atoms with Crippen molar-refractivity contribution in [1.29, 1.82) is 0 Å². The van der Waals surface area contributed by atoms with Crippen LogP contribution in [0.3, 0.4) is 0 Å². The smallest absolute Gasteiger partial charge is 0.193 e. The molecule has 0 saturated carbocycles. The van der Waals surface area contributed by atoms with Crippen molar-refractivity contribution in [2.45, 2.75) is 20.4 Å². The Hall–Kier alpha value is -2.35. The average molecular weight is 475 g/mol. The van der Waals surface area contributed by atoms with Crippen LogP contribution in [-0.4, -0.2) is 25.0 Å². The maximum absolute atomic E-state index is 6.11. The maximum atomic E-state index is 6.11. The van der Waals surface area contributed by atoms with E-state index in [0.717, 1.165) is 28.0 Å². The molecule has 0 amide bonds. The van der Waals surface area contributed by atoms with Gasteiger partial charge in [-0.15, -0.1) is 24.0 Å². The number of pyridine rings is 1. The first-order valence-corrected chi connectivity index (χ1v) is 8.63. The lowest BCUT2D eigenvalue weighted by Gasteiger charge is -2.14. The molecule has 0 aliphatic heterocycles. The second-order valence-electron chi connectivity index (χ2n) is 6.75. The molecule has 0 aliphatic rings. The van der Waals surface area contributed by atoms with E-state index in [2.05, 4.69) is 59.5 Å². The number of halogens is 1. The summed E-state index contributed by atoms with van der Waals surface area (Å²) in [6.07, 6.45) is 0. The number of anilines is 2. The van der Waals surface area contributed by atoms with Crippen LogP contribution in [0.1, 0.15) is 16.7 Å². The molecule has 0 unspecified atom stereocenters. The summed E-state index contributed by atoms with van der Waals surface area (Å²) in [7, 11) is 3.97. The third kappa shape index (κ3) is 5.32. The van der Waals surface area contributed by atoms with Gasteiger partial charge in [-0.3, -0.25) is 0 Å². The van der Waals surface area contributed by atoms with Crippen LogP contribution in [0.25, 0.3) is 10.9 Å². The molecule has 6 heteroatoms. The molecule has 0 aliphatic carbocycles. The summed E-state index contributed by atoms with van der Waals surface area (Å²) in [5.41, 5.74) is 11.5. The molecule has 3 aromatic rings. The molecular formula is C21H26IN5. The quantitative estimate of drug-likeness (QED) is 0.332. The Morgan fingerprint density at radius 3 is 2.41 bits per heavy atom. The number of aromatic nitrogens is 1. The number of hydrogen-bond donors (Lipinski definition) is 2. The molecule has 0 saturated heterocycles. The Morgan fingerprint density at radius 2 is 1.74 bits per heavy atom. The molecule has 142 valence electrons. The van der Waals surface area contributed by atoms with Gasteiger partial charge in [-0.05, 0) is 54.8 Å². The molecule has 0 radical (unpaired) electrons. The van der Waals surface area contributed by atoms with Crippen molar-refractivity contribution in [3.05, 3.63) is 65.2 Å². The van der Waals surface area contributed by atoms with Crippen molar-refractivity contribution in [2.75, 3.05) is 24.3 Å². The fraction of sp³-hybridized carbons (Fsp3) is 0.238. The van der Waals surface area contributed by atoms with Crippen molar-refractivity contribution < 1.29 is 0 Å². The predicted octanol–water partition coefficient (Wildman–Crippen LogP) is 4.46. The van der Waals surface area contributed by atoms with Gasteiger partial charge >= 0.3 is 0 Å². The van der Waals surface area contributed by atoms with Crippen molar-refractivity contribution in [2.24, 2.45) is 10.7 Å². The molecular weight excluding hydrogens is 449 g/mol. The lowest BCUT2D eigenvalue weighted by atomic mass is 10.1. The van der Waals surface area contributed by atoms with E-state index in [4.69, 9.17) is 5.73 Å². The second-order valence-corrected chi connectivity index (χ2v) is 6.75. The van der Waals surface area contributed by atoms with Crippen LogP contribution >= 0.6 is 24.0 Å². The number of guanidine groups is 1. The number of benzene rings is 2. The largest absolute Gasteiger partial charge is 0.370 e. The van der Waals surface area contributed by atoms with Crippen LogP contribution in [0.5, 0.6) is 0 Å². The van der Waals surface area contributed by atoms with Gasteiger partial charge < -0.3 is 16.0 Å². The monoisotopic (exact) mass is 475 g/mol. The lowest BCUT2D eigenvalue weighted by molar-refractivity contribution is 1.04. The lowest BCUT2D eigenvalue weighted by Crippen LogP contribution is -2.22.